The molecule has 0 aliphatic heterocycles. The molecule has 0 aromatic carbocycles. The fourth-order valence-corrected chi connectivity index (χ4v) is 1.75. The Morgan fingerprint density at radius 3 is 2.44 bits per heavy atom. The van der Waals surface area contributed by atoms with Crippen molar-refractivity contribution in [2.24, 2.45) is 0 Å². The molecule has 0 saturated carbocycles. The Bertz CT molecular complexity index is 447. The number of unbranched alkanes of at least 4 members (excludes halogenated alkanes) is 1. The summed E-state index contributed by atoms with van der Waals surface area (Å²) in [5.74, 6) is -0.892. The van der Waals surface area contributed by atoms with Gasteiger partial charge in [0.15, 0.2) is 6.29 Å². The summed E-state index contributed by atoms with van der Waals surface area (Å²) in [5.41, 5.74) is 0. The van der Waals surface area contributed by atoms with E-state index in [1.807, 2.05) is 6.92 Å². The predicted molar refractivity (Wildman–Crippen MR) is 95.9 cm³/mol. The van der Waals surface area contributed by atoms with Crippen LogP contribution in [0.2, 0.25) is 0 Å². The molecule has 158 valence electrons. The molecule has 3 N–H and O–H groups in total. The zero-order valence-electron chi connectivity index (χ0n) is 16.5. The van der Waals surface area contributed by atoms with E-state index < -0.39 is 36.4 Å². The zero-order valence-corrected chi connectivity index (χ0v) is 16.5. The molecule has 0 spiro atoms. The van der Waals surface area contributed by atoms with Gasteiger partial charge in [0.2, 0.25) is 5.91 Å². The molecule has 0 aromatic rings. The lowest BCUT2D eigenvalue weighted by molar-refractivity contribution is -0.176. The van der Waals surface area contributed by atoms with E-state index in [4.69, 9.17) is 24.1 Å². The number of ether oxygens (including phenoxy) is 4. The molecule has 0 heterocycles. The Kier molecular flexibility index (Phi) is 14.1. The van der Waals surface area contributed by atoms with Crippen LogP contribution in [0.1, 0.15) is 40.0 Å². The molecule has 10 nitrogen and oxygen atoms in total. The van der Waals surface area contributed by atoms with Crippen molar-refractivity contribution in [1.29, 1.82) is 0 Å². The summed E-state index contributed by atoms with van der Waals surface area (Å²) in [4.78, 5) is 35.0. The summed E-state index contributed by atoms with van der Waals surface area (Å²) in [5, 5.41) is 13.8. The minimum Gasteiger partial charge on any atom is -0.464 e. The van der Waals surface area contributed by atoms with Crippen LogP contribution >= 0.6 is 0 Å². The van der Waals surface area contributed by atoms with Gasteiger partial charge in [0.05, 0.1) is 19.3 Å². The molecule has 3 atom stereocenters. The summed E-state index contributed by atoms with van der Waals surface area (Å²) >= 11 is 0. The minimum absolute atomic E-state index is 0.0204. The number of rotatable bonds is 14. The van der Waals surface area contributed by atoms with E-state index in [9.17, 15) is 14.4 Å². The van der Waals surface area contributed by atoms with Crippen molar-refractivity contribution < 1.29 is 38.4 Å². The number of aliphatic hydroxyl groups excluding tert-OH is 1. The van der Waals surface area contributed by atoms with E-state index in [1.54, 1.807) is 6.92 Å². The van der Waals surface area contributed by atoms with Crippen LogP contribution in [0.5, 0.6) is 0 Å². The van der Waals surface area contributed by atoms with Gasteiger partial charge in [0.25, 0.3) is 0 Å². The van der Waals surface area contributed by atoms with Gasteiger partial charge in [-0.1, -0.05) is 13.3 Å². The lowest BCUT2D eigenvalue weighted by Crippen LogP contribution is -2.41. The van der Waals surface area contributed by atoms with Gasteiger partial charge in [-0.3, -0.25) is 4.79 Å². The highest BCUT2D eigenvalue weighted by atomic mass is 16.7. The quantitative estimate of drug-likeness (QED) is 0.219. The van der Waals surface area contributed by atoms with Crippen molar-refractivity contribution in [1.82, 2.24) is 10.6 Å². The molecule has 0 bridgehead atoms. The lowest BCUT2D eigenvalue weighted by atomic mass is 10.3. The van der Waals surface area contributed by atoms with Crippen molar-refractivity contribution >= 4 is 18.0 Å². The maximum absolute atomic E-state index is 11.8. The number of carbonyl (C=O) groups excluding carboxylic acids is 3. The summed E-state index contributed by atoms with van der Waals surface area (Å²) in [6, 6.07) is -0.755. The fourth-order valence-electron chi connectivity index (χ4n) is 1.75. The van der Waals surface area contributed by atoms with E-state index in [2.05, 4.69) is 10.6 Å². The molecule has 0 fully saturated rings. The topological polar surface area (TPSA) is 132 Å². The molecule has 0 aromatic heterocycles. The van der Waals surface area contributed by atoms with Crippen LogP contribution in [0, 0.1) is 0 Å². The average molecular weight is 392 g/mol. The Hall–Kier alpha value is -1.91. The molecule has 10 heteroatoms. The molecule has 0 rings (SSSR count). The molecule has 2 unspecified atom stereocenters. The third-order valence-electron chi connectivity index (χ3n) is 3.35. The number of methoxy groups -OCH3 is 1. The minimum atomic E-state index is -0.805. The highest BCUT2D eigenvalue weighted by Crippen LogP contribution is 2.00. The number of aliphatic hydroxyl groups is 1. The maximum Gasteiger partial charge on any atom is 0.407 e. The number of esters is 1. The van der Waals surface area contributed by atoms with Gasteiger partial charge in [-0.15, -0.1) is 0 Å². The standard InChI is InChI=1S/C17H32N2O8/c1-5-6-9-25-16(22)13(3)19-14(21)7-8-18-17(23)26-11-15(24-4)27-12(2)10-20/h12-13,15,20H,5-11H2,1-4H3,(H,18,23)(H,19,21)/t12?,13-,15?/m0/s1. The Labute approximate surface area is 159 Å². The first-order valence-electron chi connectivity index (χ1n) is 8.99. The second-order valence-electron chi connectivity index (χ2n) is 5.88. The average Bonchev–Trinajstić information content (AvgIpc) is 2.64. The molecular weight excluding hydrogens is 360 g/mol. The molecule has 27 heavy (non-hydrogen) atoms. The van der Waals surface area contributed by atoms with E-state index in [0.29, 0.717) is 6.61 Å². The van der Waals surface area contributed by atoms with Crippen LogP contribution < -0.4 is 10.6 Å². The number of nitrogens with one attached hydrogen (secondary N) is 2. The van der Waals surface area contributed by atoms with Crippen molar-refractivity contribution in [3.05, 3.63) is 0 Å². The van der Waals surface area contributed by atoms with E-state index in [0.717, 1.165) is 12.8 Å². The SMILES string of the molecule is CCCCOC(=O)[C@H](C)NC(=O)CCNC(=O)OCC(OC)OC(C)CO. The number of carbonyl (C=O) groups is 3. The van der Waals surface area contributed by atoms with Crippen LogP contribution in [-0.4, -0.2) is 75.0 Å². The summed E-state index contributed by atoms with van der Waals surface area (Å²) < 4.78 is 20.1. The smallest absolute Gasteiger partial charge is 0.407 e. The summed E-state index contributed by atoms with van der Waals surface area (Å²) in [6.45, 7) is 5.16. The largest absolute Gasteiger partial charge is 0.464 e. The number of hydrogen-bond acceptors (Lipinski definition) is 8. The Morgan fingerprint density at radius 1 is 1.15 bits per heavy atom. The van der Waals surface area contributed by atoms with Gasteiger partial charge in [0.1, 0.15) is 12.6 Å². The maximum atomic E-state index is 11.8. The molecule has 0 aliphatic carbocycles. The van der Waals surface area contributed by atoms with Crippen molar-refractivity contribution in [3.63, 3.8) is 0 Å². The fraction of sp³-hybridized carbons (Fsp3) is 0.824. The Morgan fingerprint density at radius 2 is 1.85 bits per heavy atom. The highest BCUT2D eigenvalue weighted by molar-refractivity contribution is 5.84. The van der Waals surface area contributed by atoms with Gasteiger partial charge < -0.3 is 34.7 Å². The second-order valence-corrected chi connectivity index (χ2v) is 5.88. The molecule has 2 amide bonds. The van der Waals surface area contributed by atoms with Gasteiger partial charge in [-0.25, -0.2) is 9.59 Å². The van der Waals surface area contributed by atoms with E-state index in [1.165, 1.54) is 14.0 Å². The van der Waals surface area contributed by atoms with E-state index >= 15 is 0 Å². The van der Waals surface area contributed by atoms with Crippen molar-refractivity contribution in [2.75, 3.05) is 33.5 Å². The first kappa shape index (κ1) is 25.1. The molecule has 0 aliphatic rings. The van der Waals surface area contributed by atoms with E-state index in [-0.39, 0.29) is 26.2 Å². The third kappa shape index (κ3) is 13.0. The first-order chi connectivity index (χ1) is 12.8. The Balaban J connectivity index is 3.95. The lowest BCUT2D eigenvalue weighted by Gasteiger charge is -2.19. The van der Waals surface area contributed by atoms with Crippen LogP contribution in [-0.2, 0) is 28.5 Å². The predicted octanol–water partition coefficient (Wildman–Crippen LogP) is 0.321. The summed E-state index contributed by atoms with van der Waals surface area (Å²) in [7, 11) is 1.38. The van der Waals surface area contributed by atoms with Crippen molar-refractivity contribution in [2.45, 2.75) is 58.5 Å². The number of alkyl carbamates (subject to hydrolysis) is 1. The third-order valence-corrected chi connectivity index (χ3v) is 3.35. The molecular formula is C17H32N2O8. The number of amides is 2. The highest BCUT2D eigenvalue weighted by Gasteiger charge is 2.17. The van der Waals surface area contributed by atoms with Gasteiger partial charge in [-0.05, 0) is 20.3 Å². The molecule has 0 radical (unpaired) electrons. The second kappa shape index (κ2) is 15.2. The normalized spacial score (nSPS) is 14.0. The van der Waals surface area contributed by atoms with Gasteiger partial charge >= 0.3 is 12.1 Å². The number of hydrogen-bond donors (Lipinski definition) is 3. The summed E-state index contributed by atoms with van der Waals surface area (Å²) in [6.07, 6.45) is -0.341. The van der Waals surface area contributed by atoms with Crippen LogP contribution in [0.15, 0.2) is 0 Å². The van der Waals surface area contributed by atoms with Crippen LogP contribution in [0.25, 0.3) is 0 Å². The van der Waals surface area contributed by atoms with Crippen molar-refractivity contribution in [3.8, 4) is 0 Å². The van der Waals surface area contributed by atoms with Crippen LogP contribution in [0.4, 0.5) is 4.79 Å². The van der Waals surface area contributed by atoms with Gasteiger partial charge in [0, 0.05) is 20.1 Å². The van der Waals surface area contributed by atoms with Gasteiger partial charge in [-0.2, -0.15) is 0 Å². The monoisotopic (exact) mass is 392 g/mol. The zero-order chi connectivity index (χ0) is 20.7. The molecule has 0 saturated heterocycles. The van der Waals surface area contributed by atoms with Crippen LogP contribution in [0.3, 0.4) is 0 Å². The first-order valence-corrected chi connectivity index (χ1v) is 8.99.